The highest BCUT2D eigenvalue weighted by molar-refractivity contribution is 8.14. The normalized spacial score (nSPS) is 18.7. The molecule has 2 aromatic carbocycles. The molecule has 4 rings (SSSR count). The predicted molar refractivity (Wildman–Crippen MR) is 128 cm³/mol. The topological polar surface area (TPSA) is 59.9 Å². The second-order valence-corrected chi connectivity index (χ2v) is 10.4. The van der Waals surface area contributed by atoms with Crippen LogP contribution in [0.25, 0.3) is 6.08 Å². The summed E-state index contributed by atoms with van der Waals surface area (Å²) in [5.74, 6) is 0. The van der Waals surface area contributed by atoms with Crippen LogP contribution in [0.2, 0.25) is 0 Å². The zero-order chi connectivity index (χ0) is 21.1. The maximum Gasteiger partial charge on any atom is 0.335 e. The first-order valence-electron chi connectivity index (χ1n) is 9.85. The molecule has 1 heterocycles. The highest BCUT2D eigenvalue weighted by Crippen LogP contribution is 2.51. The number of hydrogen-bond donors (Lipinski definition) is 1. The van der Waals surface area contributed by atoms with E-state index in [4.69, 9.17) is 21.3 Å². The predicted octanol–water partition coefficient (Wildman–Crippen LogP) is 5.92. The number of nitrogens with zero attached hydrogens (tertiary/aromatic N) is 1. The zero-order valence-corrected chi connectivity index (χ0v) is 19.4. The Labute approximate surface area is 186 Å². The van der Waals surface area contributed by atoms with Crippen LogP contribution in [-0.2, 0) is 19.8 Å². The molecule has 1 aliphatic heterocycles. The van der Waals surface area contributed by atoms with Gasteiger partial charge in [0.05, 0.1) is 24.6 Å². The van der Waals surface area contributed by atoms with E-state index in [2.05, 4.69) is 40.7 Å². The van der Waals surface area contributed by atoms with Crippen LogP contribution in [0.3, 0.4) is 0 Å². The molecule has 1 aliphatic carbocycles. The number of thioether (sulfide) groups is 1. The molecule has 0 saturated carbocycles. The third kappa shape index (κ3) is 4.61. The molecule has 0 radical (unpaired) electrons. The Kier molecular flexibility index (Phi) is 6.56. The zero-order valence-electron chi connectivity index (χ0n) is 16.8. The van der Waals surface area contributed by atoms with Crippen molar-refractivity contribution in [3.63, 3.8) is 0 Å². The Balaban J connectivity index is 1.43. The number of hydrogen-bond acceptors (Lipinski definition) is 5. The van der Waals surface area contributed by atoms with E-state index in [1.807, 2.05) is 38.1 Å². The van der Waals surface area contributed by atoms with E-state index in [9.17, 15) is 4.57 Å². The Hall–Kier alpha value is -1.76. The summed E-state index contributed by atoms with van der Waals surface area (Å²) >= 11 is 7.22. The van der Waals surface area contributed by atoms with Gasteiger partial charge in [-0.1, -0.05) is 72.5 Å². The molecule has 1 atom stereocenters. The number of aliphatic imine (C=N–C) groups is 1. The SMILES string of the molecule is CCOP(=O)(Cc1ccc(C(=S)N=C2NC3=Cc4ccccc4C3S2)cc1)OCC. The first-order chi connectivity index (χ1) is 14.5. The lowest BCUT2D eigenvalue weighted by molar-refractivity contribution is 0.219. The van der Waals surface area contributed by atoms with Gasteiger partial charge in [0.1, 0.15) is 4.99 Å². The molecule has 2 aromatic rings. The van der Waals surface area contributed by atoms with E-state index in [1.165, 1.54) is 11.1 Å². The van der Waals surface area contributed by atoms with Gasteiger partial charge in [0.2, 0.25) is 0 Å². The summed E-state index contributed by atoms with van der Waals surface area (Å²) in [6.45, 7) is 4.32. The van der Waals surface area contributed by atoms with E-state index in [0.29, 0.717) is 18.2 Å². The molecule has 1 unspecified atom stereocenters. The minimum atomic E-state index is -3.12. The molecular weight excluding hydrogens is 435 g/mol. The Morgan fingerprint density at radius 2 is 1.83 bits per heavy atom. The van der Waals surface area contributed by atoms with Gasteiger partial charge >= 0.3 is 7.60 Å². The third-order valence-electron chi connectivity index (χ3n) is 4.78. The molecule has 1 saturated heterocycles. The van der Waals surface area contributed by atoms with Crippen LogP contribution >= 0.6 is 31.6 Å². The van der Waals surface area contributed by atoms with Crippen LogP contribution in [0.1, 0.15) is 41.4 Å². The van der Waals surface area contributed by atoms with Gasteiger partial charge < -0.3 is 14.4 Å². The highest BCUT2D eigenvalue weighted by Gasteiger charge is 2.33. The van der Waals surface area contributed by atoms with E-state index in [-0.39, 0.29) is 11.4 Å². The minimum absolute atomic E-state index is 0.239. The van der Waals surface area contributed by atoms with Gasteiger partial charge in [-0.05, 0) is 36.6 Å². The number of thiocarbonyl (C=S) groups is 1. The number of nitrogens with one attached hydrogen (secondary N) is 1. The number of amidine groups is 1. The molecule has 5 nitrogen and oxygen atoms in total. The maximum absolute atomic E-state index is 12.7. The fourth-order valence-electron chi connectivity index (χ4n) is 3.49. The average molecular weight is 459 g/mol. The first-order valence-corrected chi connectivity index (χ1v) is 12.9. The number of fused-ring (bicyclic) bond motifs is 3. The molecule has 1 N–H and O–H groups in total. The van der Waals surface area contributed by atoms with Crippen molar-refractivity contribution >= 4 is 47.8 Å². The van der Waals surface area contributed by atoms with Crippen molar-refractivity contribution < 1.29 is 13.6 Å². The van der Waals surface area contributed by atoms with Gasteiger partial charge in [-0.3, -0.25) is 4.57 Å². The standard InChI is InChI=1S/C22H23N2O3PS2/c1-3-26-28(25,27-4-2)14-15-9-11-16(12-10-15)21(29)24-22-23-19-13-17-7-5-6-8-18(17)20(19)30-22/h5-13,20H,3-4,14H2,1-2H3,(H,23,24,29). The fourth-order valence-corrected chi connectivity index (χ4v) is 6.62. The van der Waals surface area contributed by atoms with Crippen molar-refractivity contribution in [1.82, 2.24) is 5.32 Å². The molecule has 1 fully saturated rings. The van der Waals surface area contributed by atoms with E-state index in [0.717, 1.165) is 22.0 Å². The average Bonchev–Trinajstić information content (AvgIpc) is 3.26. The second-order valence-electron chi connectivity index (χ2n) is 6.88. The Morgan fingerprint density at radius 1 is 1.13 bits per heavy atom. The Morgan fingerprint density at radius 3 is 2.53 bits per heavy atom. The van der Waals surface area contributed by atoms with E-state index in [1.54, 1.807) is 11.8 Å². The van der Waals surface area contributed by atoms with Crippen molar-refractivity contribution in [2.24, 2.45) is 4.99 Å². The molecule has 8 heteroatoms. The molecule has 0 aromatic heterocycles. The lowest BCUT2D eigenvalue weighted by Crippen LogP contribution is -2.13. The van der Waals surface area contributed by atoms with Crippen molar-refractivity contribution in [2.75, 3.05) is 13.2 Å². The van der Waals surface area contributed by atoms with Crippen molar-refractivity contribution in [2.45, 2.75) is 25.3 Å². The van der Waals surface area contributed by atoms with Crippen LogP contribution < -0.4 is 5.32 Å². The van der Waals surface area contributed by atoms with Crippen LogP contribution in [0.5, 0.6) is 0 Å². The molecular formula is C22H23N2O3PS2. The van der Waals surface area contributed by atoms with E-state index >= 15 is 0 Å². The summed E-state index contributed by atoms with van der Waals surface area (Å²) in [6, 6.07) is 16.0. The van der Waals surface area contributed by atoms with Gasteiger partial charge in [-0.2, -0.15) is 0 Å². The summed E-state index contributed by atoms with van der Waals surface area (Å²) in [5.41, 5.74) is 5.44. The van der Waals surface area contributed by atoms with Crippen LogP contribution in [-0.4, -0.2) is 23.4 Å². The second kappa shape index (κ2) is 9.16. The van der Waals surface area contributed by atoms with Gasteiger partial charge in [0.25, 0.3) is 0 Å². The quantitative estimate of drug-likeness (QED) is 0.411. The lowest BCUT2D eigenvalue weighted by Gasteiger charge is -2.17. The smallest absolute Gasteiger partial charge is 0.335 e. The monoisotopic (exact) mass is 458 g/mol. The summed E-state index contributed by atoms with van der Waals surface area (Å²) in [5, 5.41) is 4.46. The van der Waals surface area contributed by atoms with Crippen molar-refractivity contribution in [1.29, 1.82) is 0 Å². The molecule has 0 amide bonds. The first kappa shape index (κ1) is 21.5. The van der Waals surface area contributed by atoms with E-state index < -0.39 is 7.60 Å². The Bertz CT molecular complexity index is 1060. The van der Waals surface area contributed by atoms with Crippen molar-refractivity contribution in [3.8, 4) is 0 Å². The maximum atomic E-state index is 12.7. The summed E-state index contributed by atoms with van der Waals surface area (Å²) in [6.07, 6.45) is 2.41. The summed E-state index contributed by atoms with van der Waals surface area (Å²) in [7, 11) is -3.12. The van der Waals surface area contributed by atoms with Crippen LogP contribution in [0.4, 0.5) is 0 Å². The summed E-state index contributed by atoms with van der Waals surface area (Å²) in [4.78, 5) is 5.14. The lowest BCUT2D eigenvalue weighted by atomic mass is 10.1. The molecule has 0 spiro atoms. The van der Waals surface area contributed by atoms with Crippen LogP contribution in [0, 0.1) is 0 Å². The molecule has 30 heavy (non-hydrogen) atoms. The molecule has 2 aliphatic rings. The van der Waals surface area contributed by atoms with Gasteiger partial charge in [0, 0.05) is 11.3 Å². The minimum Gasteiger partial charge on any atom is -0.337 e. The molecule has 156 valence electrons. The number of benzene rings is 2. The van der Waals surface area contributed by atoms with Crippen molar-refractivity contribution in [3.05, 3.63) is 76.5 Å². The van der Waals surface area contributed by atoms with Crippen LogP contribution in [0.15, 0.2) is 59.2 Å². The van der Waals surface area contributed by atoms with Gasteiger partial charge in [-0.25, -0.2) is 4.99 Å². The third-order valence-corrected chi connectivity index (χ3v) is 8.33. The highest BCUT2D eigenvalue weighted by atomic mass is 32.2. The summed E-state index contributed by atoms with van der Waals surface area (Å²) < 4.78 is 23.4. The van der Waals surface area contributed by atoms with Gasteiger partial charge in [-0.15, -0.1) is 0 Å². The fraction of sp³-hybridized carbons (Fsp3) is 0.273. The number of rotatable bonds is 7. The molecule has 0 bridgehead atoms. The largest absolute Gasteiger partial charge is 0.337 e. The van der Waals surface area contributed by atoms with Gasteiger partial charge in [0.15, 0.2) is 5.17 Å².